The first-order valence-corrected chi connectivity index (χ1v) is 7.77. The molecule has 0 radical (unpaired) electrons. The summed E-state index contributed by atoms with van der Waals surface area (Å²) in [7, 11) is 0. The van der Waals surface area contributed by atoms with Crippen molar-refractivity contribution in [1.29, 1.82) is 0 Å². The number of rotatable bonds is 3. The number of fused-ring (bicyclic) bond motifs is 5. The van der Waals surface area contributed by atoms with Crippen LogP contribution in [-0.4, -0.2) is 15.4 Å². The molecule has 5 rings (SSSR count). The van der Waals surface area contributed by atoms with E-state index in [2.05, 4.69) is 14.7 Å². The molecule has 2 bridgehead atoms. The maximum atomic E-state index is 4.65. The average Bonchev–Trinajstić information content (AvgIpc) is 3.16. The van der Waals surface area contributed by atoms with Gasteiger partial charge in [-0.3, -0.25) is 0 Å². The summed E-state index contributed by atoms with van der Waals surface area (Å²) >= 11 is 1.58. The van der Waals surface area contributed by atoms with Crippen molar-refractivity contribution in [1.82, 2.24) is 9.36 Å². The second kappa shape index (κ2) is 3.02. The summed E-state index contributed by atoms with van der Waals surface area (Å²) in [6.45, 7) is 0. The van der Waals surface area contributed by atoms with Crippen LogP contribution in [0.15, 0.2) is 0 Å². The fraction of sp³-hybridized carbons (Fsp3) is 0.846. The smallest absolute Gasteiger partial charge is 0.202 e. The molecule has 0 aliphatic heterocycles. The zero-order valence-electron chi connectivity index (χ0n) is 9.80. The third-order valence-electron chi connectivity index (χ3n) is 5.41. The zero-order valence-corrected chi connectivity index (χ0v) is 10.6. The molecule has 17 heavy (non-hydrogen) atoms. The number of hydrogen-bond acceptors (Lipinski definition) is 4. The summed E-state index contributed by atoms with van der Waals surface area (Å²) < 4.78 is 4.47. The normalized spacial score (nSPS) is 46.0. The Labute approximate surface area is 105 Å². The van der Waals surface area contributed by atoms with Crippen LogP contribution < -0.4 is 5.32 Å². The van der Waals surface area contributed by atoms with Gasteiger partial charge in [-0.15, -0.1) is 0 Å². The molecule has 1 aromatic heterocycles. The quantitative estimate of drug-likeness (QED) is 0.892. The summed E-state index contributed by atoms with van der Waals surface area (Å²) in [6, 6.07) is 0.751. The second-order valence-electron chi connectivity index (χ2n) is 6.39. The minimum Gasteiger partial charge on any atom is -0.357 e. The van der Waals surface area contributed by atoms with Crippen LogP contribution >= 0.6 is 11.5 Å². The molecule has 4 fully saturated rings. The first kappa shape index (κ1) is 9.31. The number of nitrogens with one attached hydrogen (secondary N) is 1. The molecule has 4 saturated carbocycles. The lowest BCUT2D eigenvalue weighted by Crippen LogP contribution is -2.12. The largest absolute Gasteiger partial charge is 0.357 e. The third kappa shape index (κ3) is 1.28. The van der Waals surface area contributed by atoms with Gasteiger partial charge >= 0.3 is 0 Å². The van der Waals surface area contributed by atoms with Crippen LogP contribution in [0.4, 0.5) is 5.13 Å². The van der Waals surface area contributed by atoms with Gasteiger partial charge in [0.15, 0.2) is 0 Å². The molecule has 4 unspecified atom stereocenters. The van der Waals surface area contributed by atoms with Crippen LogP contribution in [0.2, 0.25) is 0 Å². The molecule has 0 saturated heterocycles. The molecule has 4 aliphatic rings. The molecule has 90 valence electrons. The molecule has 0 amide bonds. The van der Waals surface area contributed by atoms with Crippen LogP contribution in [-0.2, 0) is 0 Å². The van der Waals surface area contributed by atoms with Gasteiger partial charge in [0.25, 0.3) is 0 Å². The Kier molecular flexibility index (Phi) is 1.66. The molecular formula is C13H17N3S. The van der Waals surface area contributed by atoms with E-state index < -0.39 is 0 Å². The van der Waals surface area contributed by atoms with Crippen molar-refractivity contribution in [2.24, 2.45) is 23.7 Å². The number of nitrogens with zero attached hydrogens (tertiary/aromatic N) is 2. The Morgan fingerprint density at radius 3 is 2.53 bits per heavy atom. The van der Waals surface area contributed by atoms with Gasteiger partial charge in [0, 0.05) is 23.5 Å². The van der Waals surface area contributed by atoms with Crippen LogP contribution in [0.3, 0.4) is 0 Å². The van der Waals surface area contributed by atoms with Gasteiger partial charge in [0.05, 0.1) is 0 Å². The van der Waals surface area contributed by atoms with Crippen molar-refractivity contribution >= 4 is 16.7 Å². The van der Waals surface area contributed by atoms with E-state index in [0.29, 0.717) is 5.92 Å². The summed E-state index contributed by atoms with van der Waals surface area (Å²) in [5.74, 6) is 5.85. The first-order valence-electron chi connectivity index (χ1n) is 7.00. The van der Waals surface area contributed by atoms with Crippen LogP contribution in [0, 0.1) is 23.7 Å². The lowest BCUT2D eigenvalue weighted by Gasteiger charge is -2.08. The molecule has 4 aliphatic carbocycles. The van der Waals surface area contributed by atoms with Crippen molar-refractivity contribution in [3.63, 3.8) is 0 Å². The van der Waals surface area contributed by atoms with Crippen LogP contribution in [0.5, 0.6) is 0 Å². The van der Waals surface area contributed by atoms with Crippen LogP contribution in [0.1, 0.15) is 43.8 Å². The van der Waals surface area contributed by atoms with Gasteiger partial charge in [-0.2, -0.15) is 4.37 Å². The topological polar surface area (TPSA) is 37.8 Å². The van der Waals surface area contributed by atoms with Crippen molar-refractivity contribution in [3.8, 4) is 0 Å². The summed E-state index contributed by atoms with van der Waals surface area (Å²) in [5, 5.41) is 4.76. The van der Waals surface area contributed by atoms with E-state index in [1.165, 1.54) is 32.1 Å². The summed E-state index contributed by atoms with van der Waals surface area (Å²) in [6.07, 6.45) is 7.11. The Bertz CT molecular complexity index is 451. The highest BCUT2D eigenvalue weighted by atomic mass is 32.1. The molecule has 0 spiro atoms. The predicted octanol–water partition coefficient (Wildman–Crippen LogP) is 2.87. The van der Waals surface area contributed by atoms with E-state index in [9.17, 15) is 0 Å². The Balaban J connectivity index is 1.32. The van der Waals surface area contributed by atoms with Gasteiger partial charge < -0.3 is 5.32 Å². The van der Waals surface area contributed by atoms with Gasteiger partial charge in [0.1, 0.15) is 5.82 Å². The van der Waals surface area contributed by atoms with E-state index >= 15 is 0 Å². The maximum Gasteiger partial charge on any atom is 0.202 e. The van der Waals surface area contributed by atoms with Crippen LogP contribution in [0.25, 0.3) is 0 Å². The number of hydrogen-bond donors (Lipinski definition) is 1. The highest BCUT2D eigenvalue weighted by Crippen LogP contribution is 2.66. The van der Waals surface area contributed by atoms with E-state index in [4.69, 9.17) is 0 Å². The van der Waals surface area contributed by atoms with Gasteiger partial charge in [-0.25, -0.2) is 4.98 Å². The fourth-order valence-corrected chi connectivity index (χ4v) is 5.15. The highest BCUT2D eigenvalue weighted by Gasteiger charge is 2.65. The van der Waals surface area contributed by atoms with Crippen molar-refractivity contribution < 1.29 is 0 Å². The fourth-order valence-electron chi connectivity index (χ4n) is 4.46. The summed E-state index contributed by atoms with van der Waals surface area (Å²) in [5.41, 5.74) is 0. The van der Waals surface area contributed by atoms with E-state index in [1.54, 1.807) is 11.5 Å². The zero-order chi connectivity index (χ0) is 11.0. The summed E-state index contributed by atoms with van der Waals surface area (Å²) in [4.78, 5) is 4.65. The molecule has 1 aromatic rings. The molecule has 4 heteroatoms. The average molecular weight is 247 g/mol. The van der Waals surface area contributed by atoms with Crippen molar-refractivity contribution in [3.05, 3.63) is 5.82 Å². The van der Waals surface area contributed by atoms with E-state index in [1.807, 2.05) is 0 Å². The molecule has 0 aromatic carbocycles. The third-order valence-corrected chi connectivity index (χ3v) is 6.07. The standard InChI is InChI=1S/C13H17N3S/c1-2-6(1)12-15-13(17-16-12)14-11-9-7-3-4-8(5-7)10(9)11/h6-11H,1-5H2,(H,14,15,16). The molecule has 4 atom stereocenters. The molecule has 3 nitrogen and oxygen atoms in total. The van der Waals surface area contributed by atoms with E-state index in [-0.39, 0.29) is 0 Å². The Morgan fingerprint density at radius 2 is 1.82 bits per heavy atom. The lowest BCUT2D eigenvalue weighted by molar-refractivity contribution is 0.456. The first-order chi connectivity index (χ1) is 8.40. The highest BCUT2D eigenvalue weighted by molar-refractivity contribution is 7.09. The minimum atomic E-state index is 0.691. The molecule has 1 N–H and O–H groups in total. The second-order valence-corrected chi connectivity index (χ2v) is 7.14. The van der Waals surface area contributed by atoms with Crippen molar-refractivity contribution in [2.45, 2.75) is 44.1 Å². The van der Waals surface area contributed by atoms with Gasteiger partial charge in [-0.1, -0.05) is 0 Å². The SMILES string of the molecule is C1CC1c1nsc(NC2C3C4CCC(C4)C23)n1. The van der Waals surface area contributed by atoms with Gasteiger partial charge in [0.2, 0.25) is 5.13 Å². The Hall–Kier alpha value is -0.640. The molecular weight excluding hydrogens is 230 g/mol. The lowest BCUT2D eigenvalue weighted by atomic mass is 10.0. The molecule has 1 heterocycles. The Morgan fingerprint density at radius 1 is 1.06 bits per heavy atom. The van der Waals surface area contributed by atoms with Crippen molar-refractivity contribution in [2.75, 3.05) is 5.32 Å². The number of anilines is 1. The number of aromatic nitrogens is 2. The predicted molar refractivity (Wildman–Crippen MR) is 67.1 cm³/mol. The monoisotopic (exact) mass is 247 g/mol. The minimum absolute atomic E-state index is 0.691. The van der Waals surface area contributed by atoms with Gasteiger partial charge in [-0.05, 0) is 55.8 Å². The maximum absolute atomic E-state index is 4.65. The van der Waals surface area contributed by atoms with E-state index in [0.717, 1.165) is 40.7 Å².